The molecule has 0 radical (unpaired) electrons. The number of hydrogen-bond donors (Lipinski definition) is 2. The zero-order chi connectivity index (χ0) is 16.3. The lowest BCUT2D eigenvalue weighted by Crippen LogP contribution is -2.53. The summed E-state index contributed by atoms with van der Waals surface area (Å²) >= 11 is 0. The minimum absolute atomic E-state index is 0.0477. The first-order chi connectivity index (χ1) is 10.8. The number of carbonyl (C=O) groups excluding carboxylic acids is 1. The van der Waals surface area contributed by atoms with Crippen molar-refractivity contribution in [1.29, 1.82) is 0 Å². The maximum absolute atomic E-state index is 12.3. The molecule has 23 heavy (non-hydrogen) atoms. The van der Waals surface area contributed by atoms with E-state index >= 15 is 0 Å². The second kappa shape index (κ2) is 5.17. The smallest absolute Gasteiger partial charge is 0.225 e. The van der Waals surface area contributed by atoms with Crippen molar-refractivity contribution in [2.24, 2.45) is 5.41 Å². The van der Waals surface area contributed by atoms with E-state index < -0.39 is 15.6 Å². The summed E-state index contributed by atoms with van der Waals surface area (Å²) in [4.78, 5) is 14.2. The fourth-order valence-corrected chi connectivity index (χ4v) is 5.99. The van der Waals surface area contributed by atoms with Crippen LogP contribution in [0.2, 0.25) is 0 Å². The van der Waals surface area contributed by atoms with Crippen molar-refractivity contribution in [3.63, 3.8) is 0 Å². The number of nitrogens with zero attached hydrogens (tertiary/aromatic N) is 1. The highest BCUT2D eigenvalue weighted by Crippen LogP contribution is 2.49. The van der Waals surface area contributed by atoms with Gasteiger partial charge in [-0.1, -0.05) is 0 Å². The maximum Gasteiger partial charge on any atom is 0.225 e. The van der Waals surface area contributed by atoms with Gasteiger partial charge in [0.2, 0.25) is 15.9 Å². The number of amides is 1. The van der Waals surface area contributed by atoms with E-state index in [1.807, 2.05) is 4.90 Å². The minimum atomic E-state index is -3.11. The number of rotatable bonds is 5. The second-order valence-corrected chi connectivity index (χ2v) is 10.3. The molecule has 0 atom stereocenters. The molecule has 2 N–H and O–H groups in total. The molecular weight excluding hydrogens is 316 g/mol. The Morgan fingerprint density at radius 1 is 1.22 bits per heavy atom. The molecule has 1 spiro atoms. The van der Waals surface area contributed by atoms with Gasteiger partial charge in [-0.3, -0.25) is 4.79 Å². The summed E-state index contributed by atoms with van der Waals surface area (Å²) in [5.74, 6) is 0.0612. The van der Waals surface area contributed by atoms with Gasteiger partial charge < -0.3 is 10.0 Å². The molecular formula is C16H26N2O4S. The molecule has 0 bridgehead atoms. The lowest BCUT2D eigenvalue weighted by Gasteiger charge is -2.45. The van der Waals surface area contributed by atoms with Gasteiger partial charge in [-0.15, -0.1) is 0 Å². The lowest BCUT2D eigenvalue weighted by molar-refractivity contribution is -0.140. The number of sulfonamides is 1. The van der Waals surface area contributed by atoms with Gasteiger partial charge in [0.15, 0.2) is 0 Å². The molecule has 130 valence electrons. The van der Waals surface area contributed by atoms with Crippen LogP contribution in [0.1, 0.15) is 57.8 Å². The molecule has 4 rings (SSSR count). The largest absolute Gasteiger partial charge is 0.389 e. The fraction of sp³-hybridized carbons (Fsp3) is 0.938. The summed E-state index contributed by atoms with van der Waals surface area (Å²) in [6, 6.07) is 0.0477. The molecule has 1 heterocycles. The van der Waals surface area contributed by atoms with E-state index in [2.05, 4.69) is 4.72 Å². The van der Waals surface area contributed by atoms with E-state index in [4.69, 9.17) is 0 Å². The molecule has 6 nitrogen and oxygen atoms in total. The summed E-state index contributed by atoms with van der Waals surface area (Å²) in [6.45, 7) is 1.47. The van der Waals surface area contributed by atoms with Crippen LogP contribution in [0.5, 0.6) is 0 Å². The predicted molar refractivity (Wildman–Crippen MR) is 85.1 cm³/mol. The summed E-state index contributed by atoms with van der Waals surface area (Å²) in [5.41, 5.74) is -0.649. The number of nitrogens with one attached hydrogen (secondary N) is 1. The normalized spacial score (nSPS) is 35.9. The highest BCUT2D eigenvalue weighted by molar-refractivity contribution is 7.90. The van der Waals surface area contributed by atoms with Gasteiger partial charge in [0.25, 0.3) is 0 Å². The Morgan fingerprint density at radius 2 is 1.91 bits per heavy atom. The average Bonchev–Trinajstić information content (AvgIpc) is 3.17. The third-order valence-electron chi connectivity index (χ3n) is 6.21. The topological polar surface area (TPSA) is 86.7 Å². The van der Waals surface area contributed by atoms with E-state index in [9.17, 15) is 18.3 Å². The Labute approximate surface area is 137 Å². The first-order valence-corrected chi connectivity index (χ1v) is 10.4. The van der Waals surface area contributed by atoms with Gasteiger partial charge in [-0.25, -0.2) is 13.1 Å². The van der Waals surface area contributed by atoms with Gasteiger partial charge in [0, 0.05) is 19.1 Å². The average molecular weight is 342 g/mol. The number of carbonyl (C=O) groups is 1. The molecule has 7 heteroatoms. The van der Waals surface area contributed by atoms with Gasteiger partial charge in [-0.05, 0) is 56.8 Å². The van der Waals surface area contributed by atoms with Crippen molar-refractivity contribution in [3.05, 3.63) is 0 Å². The van der Waals surface area contributed by atoms with Gasteiger partial charge >= 0.3 is 0 Å². The van der Waals surface area contributed by atoms with Gasteiger partial charge in [-0.2, -0.15) is 0 Å². The van der Waals surface area contributed by atoms with Crippen molar-refractivity contribution >= 4 is 15.9 Å². The first-order valence-electron chi connectivity index (χ1n) is 8.81. The quantitative estimate of drug-likeness (QED) is 0.772. The summed E-state index contributed by atoms with van der Waals surface area (Å²) in [7, 11) is -3.11. The van der Waals surface area contributed by atoms with Crippen LogP contribution in [0.4, 0.5) is 0 Å². The lowest BCUT2D eigenvalue weighted by atomic mass is 9.65. The maximum atomic E-state index is 12.3. The molecule has 1 saturated heterocycles. The van der Waals surface area contributed by atoms with Crippen molar-refractivity contribution in [1.82, 2.24) is 9.62 Å². The van der Waals surface area contributed by atoms with Crippen LogP contribution in [0.25, 0.3) is 0 Å². The van der Waals surface area contributed by atoms with Crippen molar-refractivity contribution < 1.29 is 18.3 Å². The van der Waals surface area contributed by atoms with E-state index in [1.165, 1.54) is 0 Å². The zero-order valence-electron chi connectivity index (χ0n) is 13.5. The molecule has 0 aromatic rings. The Bertz CT molecular complexity index is 604. The third kappa shape index (κ3) is 3.03. The number of aliphatic hydroxyl groups is 1. The molecule has 4 fully saturated rings. The van der Waals surface area contributed by atoms with Crippen LogP contribution in [0.15, 0.2) is 0 Å². The van der Waals surface area contributed by atoms with Crippen molar-refractivity contribution in [3.8, 4) is 0 Å². The van der Waals surface area contributed by atoms with E-state index in [0.717, 1.165) is 64.5 Å². The van der Waals surface area contributed by atoms with E-state index in [-0.39, 0.29) is 29.0 Å². The van der Waals surface area contributed by atoms with Crippen LogP contribution in [-0.4, -0.2) is 54.3 Å². The zero-order valence-corrected chi connectivity index (χ0v) is 14.3. The highest BCUT2D eigenvalue weighted by Gasteiger charge is 2.52. The SMILES string of the molecule is O=C(CC1(O)CCC1)N1CCC2(CC(NS(=O)(=O)C3CC3)C2)C1. The fourth-order valence-electron chi connectivity index (χ4n) is 4.41. The molecule has 3 saturated carbocycles. The Hall–Kier alpha value is -0.660. The van der Waals surface area contributed by atoms with Gasteiger partial charge in [0.05, 0.1) is 17.3 Å². The van der Waals surface area contributed by atoms with Crippen LogP contribution in [0.3, 0.4) is 0 Å². The number of likely N-dealkylation sites (tertiary alicyclic amines) is 1. The van der Waals surface area contributed by atoms with Gasteiger partial charge in [0.1, 0.15) is 0 Å². The number of hydrogen-bond acceptors (Lipinski definition) is 4. The third-order valence-corrected chi connectivity index (χ3v) is 8.22. The van der Waals surface area contributed by atoms with Crippen molar-refractivity contribution in [2.45, 2.75) is 74.7 Å². The highest BCUT2D eigenvalue weighted by atomic mass is 32.2. The molecule has 0 aromatic carbocycles. The first kappa shape index (κ1) is 15.8. The standard InChI is InChI=1S/C16H26N2O4S/c19-14(10-16(20)4-1-5-16)18-7-6-15(11-18)8-12(9-15)17-23(21,22)13-2-3-13/h12-13,17,20H,1-11H2. The summed E-state index contributed by atoms with van der Waals surface area (Å²) < 4.78 is 26.8. The Balaban J connectivity index is 1.27. The Morgan fingerprint density at radius 3 is 2.48 bits per heavy atom. The minimum Gasteiger partial charge on any atom is -0.389 e. The monoisotopic (exact) mass is 342 g/mol. The predicted octanol–water partition coefficient (Wildman–Crippen LogP) is 0.754. The van der Waals surface area contributed by atoms with Crippen LogP contribution in [-0.2, 0) is 14.8 Å². The van der Waals surface area contributed by atoms with Crippen LogP contribution in [0, 0.1) is 5.41 Å². The molecule has 1 aliphatic heterocycles. The Kier molecular flexibility index (Phi) is 3.56. The molecule has 4 aliphatic rings. The van der Waals surface area contributed by atoms with Crippen molar-refractivity contribution in [2.75, 3.05) is 13.1 Å². The van der Waals surface area contributed by atoms with Crippen LogP contribution < -0.4 is 4.72 Å². The molecule has 1 amide bonds. The molecule has 3 aliphatic carbocycles. The molecule has 0 unspecified atom stereocenters. The van der Waals surface area contributed by atoms with E-state index in [1.54, 1.807) is 0 Å². The molecule has 0 aromatic heterocycles. The van der Waals surface area contributed by atoms with E-state index in [0.29, 0.717) is 0 Å². The summed E-state index contributed by atoms with van der Waals surface area (Å²) in [6.07, 6.45) is 6.96. The summed E-state index contributed by atoms with van der Waals surface area (Å²) in [5, 5.41) is 9.98. The van der Waals surface area contributed by atoms with Crippen LogP contribution >= 0.6 is 0 Å². The second-order valence-electron chi connectivity index (χ2n) is 8.29.